The van der Waals surface area contributed by atoms with E-state index in [1.807, 2.05) is 0 Å². The first kappa shape index (κ1) is 12.5. The van der Waals surface area contributed by atoms with Gasteiger partial charge in [0.25, 0.3) is 0 Å². The molecule has 1 fully saturated rings. The number of benzene rings is 1. The average Bonchev–Trinajstić information content (AvgIpc) is 2.38. The van der Waals surface area contributed by atoms with Crippen molar-refractivity contribution in [1.29, 1.82) is 0 Å². The van der Waals surface area contributed by atoms with Crippen LogP contribution in [0.2, 0.25) is 0 Å². The standard InChI is InChI=1S/C12H13FN2O3/c13-10-5-3-6-11(12(10)15(17)18)14-7-2-1-4-9(14)8-16/h3,5-6,8-9H,1-2,4,7H2. The number of carbonyl (C=O) groups is 1. The summed E-state index contributed by atoms with van der Waals surface area (Å²) >= 11 is 0. The molecular formula is C12H13FN2O3. The summed E-state index contributed by atoms with van der Waals surface area (Å²) in [6.07, 6.45) is 3.17. The van der Waals surface area contributed by atoms with Crippen LogP contribution < -0.4 is 4.90 Å². The second kappa shape index (κ2) is 5.12. The largest absolute Gasteiger partial charge is 0.356 e. The van der Waals surface area contributed by atoms with Crippen LogP contribution in [0.3, 0.4) is 0 Å². The quantitative estimate of drug-likeness (QED) is 0.470. The first-order chi connectivity index (χ1) is 8.65. The lowest BCUT2D eigenvalue weighted by Gasteiger charge is -2.33. The lowest BCUT2D eigenvalue weighted by atomic mass is 10.0. The van der Waals surface area contributed by atoms with Crippen molar-refractivity contribution in [3.63, 3.8) is 0 Å². The normalized spacial score (nSPS) is 19.6. The second-order valence-corrected chi connectivity index (χ2v) is 4.26. The van der Waals surface area contributed by atoms with Gasteiger partial charge in [0.2, 0.25) is 5.82 Å². The van der Waals surface area contributed by atoms with Crippen molar-refractivity contribution in [1.82, 2.24) is 0 Å². The van der Waals surface area contributed by atoms with Crippen molar-refractivity contribution < 1.29 is 14.1 Å². The van der Waals surface area contributed by atoms with Crippen LogP contribution in [0.1, 0.15) is 19.3 Å². The molecule has 0 radical (unpaired) electrons. The number of anilines is 1. The van der Waals surface area contributed by atoms with Crippen LogP contribution in [0.15, 0.2) is 18.2 Å². The van der Waals surface area contributed by atoms with Gasteiger partial charge in [-0.05, 0) is 31.4 Å². The van der Waals surface area contributed by atoms with Crippen molar-refractivity contribution in [3.8, 4) is 0 Å². The first-order valence-corrected chi connectivity index (χ1v) is 5.80. The van der Waals surface area contributed by atoms with Gasteiger partial charge in [0.05, 0.1) is 11.0 Å². The number of hydrogen-bond donors (Lipinski definition) is 0. The van der Waals surface area contributed by atoms with E-state index in [9.17, 15) is 19.3 Å². The van der Waals surface area contributed by atoms with Crippen LogP contribution in [0.5, 0.6) is 0 Å². The number of nitro benzene ring substituents is 1. The van der Waals surface area contributed by atoms with Gasteiger partial charge >= 0.3 is 5.69 Å². The fourth-order valence-corrected chi connectivity index (χ4v) is 2.31. The molecule has 1 unspecified atom stereocenters. The molecule has 5 nitrogen and oxygen atoms in total. The van der Waals surface area contributed by atoms with Crippen LogP contribution in [0, 0.1) is 15.9 Å². The van der Waals surface area contributed by atoms with Gasteiger partial charge in [0, 0.05) is 6.54 Å². The Labute approximate surface area is 103 Å². The van der Waals surface area contributed by atoms with Crippen LogP contribution in [-0.4, -0.2) is 23.8 Å². The van der Waals surface area contributed by atoms with Crippen LogP contribution in [-0.2, 0) is 4.79 Å². The molecule has 6 heteroatoms. The molecule has 0 saturated carbocycles. The Morgan fingerprint density at radius 2 is 2.22 bits per heavy atom. The highest BCUT2D eigenvalue weighted by Crippen LogP contribution is 2.34. The number of rotatable bonds is 3. The summed E-state index contributed by atoms with van der Waals surface area (Å²) < 4.78 is 13.5. The molecule has 0 aliphatic carbocycles. The maximum absolute atomic E-state index is 13.5. The summed E-state index contributed by atoms with van der Waals surface area (Å²) in [5.74, 6) is -0.868. The number of para-hydroxylation sites is 1. The monoisotopic (exact) mass is 252 g/mol. The molecule has 1 aromatic carbocycles. The fourth-order valence-electron chi connectivity index (χ4n) is 2.31. The van der Waals surface area contributed by atoms with E-state index in [2.05, 4.69) is 0 Å². The number of nitrogens with zero attached hydrogens (tertiary/aromatic N) is 2. The molecule has 0 bridgehead atoms. The maximum Gasteiger partial charge on any atom is 0.327 e. The Kier molecular flexibility index (Phi) is 3.55. The lowest BCUT2D eigenvalue weighted by molar-refractivity contribution is -0.386. The molecule has 1 saturated heterocycles. The van der Waals surface area contributed by atoms with E-state index >= 15 is 0 Å². The van der Waals surface area contributed by atoms with Crippen LogP contribution in [0.25, 0.3) is 0 Å². The van der Waals surface area contributed by atoms with E-state index in [1.165, 1.54) is 12.1 Å². The first-order valence-electron chi connectivity index (χ1n) is 5.80. The third-order valence-corrected chi connectivity index (χ3v) is 3.16. The molecule has 1 aliphatic rings. The second-order valence-electron chi connectivity index (χ2n) is 4.26. The molecule has 0 spiro atoms. The molecule has 2 rings (SSSR count). The fraction of sp³-hybridized carbons (Fsp3) is 0.417. The van der Waals surface area contributed by atoms with Gasteiger partial charge in [-0.25, -0.2) is 0 Å². The van der Waals surface area contributed by atoms with Crippen molar-refractivity contribution in [2.24, 2.45) is 0 Å². The van der Waals surface area contributed by atoms with E-state index < -0.39 is 22.5 Å². The molecule has 18 heavy (non-hydrogen) atoms. The minimum absolute atomic E-state index is 0.191. The van der Waals surface area contributed by atoms with Gasteiger partial charge < -0.3 is 9.69 Å². The number of nitro groups is 1. The van der Waals surface area contributed by atoms with Gasteiger partial charge in [-0.3, -0.25) is 10.1 Å². The predicted molar refractivity (Wildman–Crippen MR) is 64.1 cm³/mol. The SMILES string of the molecule is O=CC1CCCCN1c1cccc(F)c1[N+](=O)[O-]. The predicted octanol–water partition coefficient (Wildman–Crippen LogP) is 2.29. The molecule has 1 aromatic rings. The van der Waals surface area contributed by atoms with Gasteiger partial charge in [0.1, 0.15) is 12.0 Å². The zero-order valence-electron chi connectivity index (χ0n) is 9.71. The maximum atomic E-state index is 13.5. The summed E-state index contributed by atoms with van der Waals surface area (Å²) in [5, 5.41) is 10.9. The zero-order chi connectivity index (χ0) is 13.1. The third-order valence-electron chi connectivity index (χ3n) is 3.16. The van der Waals surface area contributed by atoms with Gasteiger partial charge in [-0.1, -0.05) is 6.07 Å². The molecule has 1 heterocycles. The third kappa shape index (κ3) is 2.18. The molecule has 1 atom stereocenters. The minimum atomic E-state index is -0.868. The summed E-state index contributed by atoms with van der Waals surface area (Å²) in [7, 11) is 0. The highest BCUT2D eigenvalue weighted by molar-refractivity contribution is 5.72. The van der Waals surface area contributed by atoms with Gasteiger partial charge in [0.15, 0.2) is 0 Å². The Hall–Kier alpha value is -1.98. The number of aldehydes is 1. The van der Waals surface area contributed by atoms with Crippen molar-refractivity contribution in [3.05, 3.63) is 34.1 Å². The van der Waals surface area contributed by atoms with Crippen molar-refractivity contribution in [2.75, 3.05) is 11.4 Å². The average molecular weight is 252 g/mol. The highest BCUT2D eigenvalue weighted by atomic mass is 19.1. The zero-order valence-corrected chi connectivity index (χ0v) is 9.71. The lowest BCUT2D eigenvalue weighted by Crippen LogP contribution is -2.41. The van der Waals surface area contributed by atoms with Crippen LogP contribution in [0.4, 0.5) is 15.8 Å². The topological polar surface area (TPSA) is 63.5 Å². The highest BCUT2D eigenvalue weighted by Gasteiger charge is 2.29. The number of carbonyl (C=O) groups excluding carboxylic acids is 1. The summed E-state index contributed by atoms with van der Waals surface area (Å²) in [6.45, 7) is 0.535. The molecule has 1 aliphatic heterocycles. The number of hydrogen-bond acceptors (Lipinski definition) is 4. The molecule has 0 amide bonds. The van der Waals surface area contributed by atoms with Gasteiger partial charge in [-0.2, -0.15) is 4.39 Å². The van der Waals surface area contributed by atoms with E-state index in [4.69, 9.17) is 0 Å². The molecule has 0 N–H and O–H groups in total. The van der Waals surface area contributed by atoms with E-state index in [0.29, 0.717) is 13.0 Å². The number of piperidine rings is 1. The number of halogens is 1. The molecular weight excluding hydrogens is 239 g/mol. The van der Waals surface area contributed by atoms with Crippen molar-refractivity contribution in [2.45, 2.75) is 25.3 Å². The van der Waals surface area contributed by atoms with Crippen molar-refractivity contribution >= 4 is 17.7 Å². The van der Waals surface area contributed by atoms with E-state index in [1.54, 1.807) is 4.90 Å². The van der Waals surface area contributed by atoms with E-state index in [-0.39, 0.29) is 5.69 Å². The summed E-state index contributed by atoms with van der Waals surface area (Å²) in [5.41, 5.74) is -0.358. The van der Waals surface area contributed by atoms with E-state index in [0.717, 1.165) is 25.2 Å². The molecule has 0 aromatic heterocycles. The summed E-state index contributed by atoms with van der Waals surface area (Å²) in [6, 6.07) is 3.57. The molecule has 96 valence electrons. The van der Waals surface area contributed by atoms with Gasteiger partial charge in [-0.15, -0.1) is 0 Å². The Morgan fingerprint density at radius 1 is 1.44 bits per heavy atom. The Balaban J connectivity index is 2.46. The minimum Gasteiger partial charge on any atom is -0.356 e. The summed E-state index contributed by atoms with van der Waals surface area (Å²) in [4.78, 5) is 22.8. The Morgan fingerprint density at radius 3 is 2.89 bits per heavy atom. The van der Waals surface area contributed by atoms with Crippen LogP contribution >= 0.6 is 0 Å². The smallest absolute Gasteiger partial charge is 0.327 e. The Bertz CT molecular complexity index is 478.